The van der Waals surface area contributed by atoms with Gasteiger partial charge in [-0.2, -0.15) is 4.98 Å². The monoisotopic (exact) mass is 291 g/mol. The Kier molecular flexibility index (Phi) is 4.20. The Labute approximate surface area is 122 Å². The van der Waals surface area contributed by atoms with Crippen LogP contribution in [0.5, 0.6) is 11.6 Å². The summed E-state index contributed by atoms with van der Waals surface area (Å²) in [6.45, 7) is 1.73. The van der Waals surface area contributed by atoms with Crippen LogP contribution in [0.2, 0.25) is 5.15 Å². The number of hydrogen-bond donors (Lipinski definition) is 0. The maximum absolute atomic E-state index is 11.9. The number of hydrogen-bond acceptors (Lipinski definition) is 4. The predicted octanol–water partition coefficient (Wildman–Crippen LogP) is 2.93. The summed E-state index contributed by atoms with van der Waals surface area (Å²) in [5.74, 6) is 1.30. The van der Waals surface area contributed by atoms with Gasteiger partial charge < -0.3 is 9.64 Å². The number of ether oxygens (including phenoxy) is 1. The van der Waals surface area contributed by atoms with Crippen LogP contribution in [0.15, 0.2) is 30.3 Å². The molecule has 0 N–H and O–H groups in total. The summed E-state index contributed by atoms with van der Waals surface area (Å²) in [4.78, 5) is 21.5. The average Bonchev–Trinajstić information content (AvgIpc) is 2.36. The first kappa shape index (κ1) is 14.3. The fourth-order valence-corrected chi connectivity index (χ4v) is 1.84. The van der Waals surface area contributed by atoms with E-state index in [2.05, 4.69) is 9.97 Å². The first-order valence-electron chi connectivity index (χ1n) is 5.96. The standard InChI is InChI=1S/C14H14ClN3O2/c1-9-16-12(15)8-13(17-9)20-11-6-4-5-10(7-11)14(19)18(2)3/h4-8H,1-3H3. The van der Waals surface area contributed by atoms with Gasteiger partial charge in [0.25, 0.3) is 5.91 Å². The average molecular weight is 292 g/mol. The Morgan fingerprint density at radius 1 is 1.25 bits per heavy atom. The molecule has 20 heavy (non-hydrogen) atoms. The van der Waals surface area contributed by atoms with Crippen molar-refractivity contribution < 1.29 is 9.53 Å². The van der Waals surface area contributed by atoms with E-state index in [9.17, 15) is 4.79 Å². The van der Waals surface area contributed by atoms with E-state index in [0.717, 1.165) is 0 Å². The molecule has 0 unspecified atom stereocenters. The number of amides is 1. The SMILES string of the molecule is Cc1nc(Cl)cc(Oc2cccc(C(=O)N(C)C)c2)n1. The molecule has 0 aliphatic heterocycles. The number of rotatable bonds is 3. The fourth-order valence-electron chi connectivity index (χ4n) is 1.63. The Hall–Kier alpha value is -2.14. The molecule has 0 saturated carbocycles. The predicted molar refractivity (Wildman–Crippen MR) is 76.3 cm³/mol. The summed E-state index contributed by atoms with van der Waals surface area (Å²) in [6, 6.07) is 8.41. The zero-order valence-electron chi connectivity index (χ0n) is 11.4. The van der Waals surface area contributed by atoms with Gasteiger partial charge in [-0.3, -0.25) is 4.79 Å². The Bertz CT molecular complexity index is 624. The second-order valence-corrected chi connectivity index (χ2v) is 4.79. The smallest absolute Gasteiger partial charge is 0.253 e. The third-order valence-electron chi connectivity index (χ3n) is 2.49. The van der Waals surface area contributed by atoms with Crippen molar-refractivity contribution in [3.05, 3.63) is 46.9 Å². The molecule has 0 aliphatic rings. The van der Waals surface area contributed by atoms with Gasteiger partial charge in [0.1, 0.15) is 16.7 Å². The van der Waals surface area contributed by atoms with Gasteiger partial charge in [-0.25, -0.2) is 4.98 Å². The summed E-state index contributed by atoms with van der Waals surface area (Å²) < 4.78 is 5.60. The van der Waals surface area contributed by atoms with Crippen molar-refractivity contribution in [2.75, 3.05) is 14.1 Å². The Balaban J connectivity index is 2.25. The first-order valence-corrected chi connectivity index (χ1v) is 6.34. The van der Waals surface area contributed by atoms with E-state index in [1.165, 1.54) is 11.0 Å². The lowest BCUT2D eigenvalue weighted by atomic mass is 10.2. The van der Waals surface area contributed by atoms with E-state index in [1.54, 1.807) is 45.3 Å². The lowest BCUT2D eigenvalue weighted by Gasteiger charge is -2.11. The first-order chi connectivity index (χ1) is 9.45. The van der Waals surface area contributed by atoms with Crippen LogP contribution in [-0.2, 0) is 0 Å². The number of carbonyl (C=O) groups is 1. The van der Waals surface area contributed by atoms with Crippen LogP contribution in [0.25, 0.3) is 0 Å². The Morgan fingerprint density at radius 2 is 2.00 bits per heavy atom. The molecule has 0 spiro atoms. The van der Waals surface area contributed by atoms with Gasteiger partial charge in [0, 0.05) is 25.7 Å². The van der Waals surface area contributed by atoms with Crippen LogP contribution in [0.4, 0.5) is 0 Å². The molecule has 1 aromatic heterocycles. The summed E-state index contributed by atoms with van der Waals surface area (Å²) >= 11 is 5.85. The van der Waals surface area contributed by atoms with E-state index in [1.807, 2.05) is 0 Å². The molecule has 1 amide bonds. The molecule has 2 aromatic rings. The Morgan fingerprint density at radius 3 is 2.65 bits per heavy atom. The normalized spacial score (nSPS) is 10.2. The molecule has 0 bridgehead atoms. The van der Waals surface area contributed by atoms with Gasteiger partial charge in [-0.15, -0.1) is 0 Å². The van der Waals surface area contributed by atoms with Gasteiger partial charge in [-0.1, -0.05) is 17.7 Å². The summed E-state index contributed by atoms with van der Waals surface area (Å²) in [5.41, 5.74) is 0.546. The van der Waals surface area contributed by atoms with Crippen LogP contribution in [0, 0.1) is 6.92 Å². The number of aryl methyl sites for hydroxylation is 1. The zero-order chi connectivity index (χ0) is 14.7. The van der Waals surface area contributed by atoms with Crippen molar-refractivity contribution >= 4 is 17.5 Å². The minimum atomic E-state index is -0.0904. The van der Waals surface area contributed by atoms with Crippen molar-refractivity contribution in [3.63, 3.8) is 0 Å². The number of benzene rings is 1. The van der Waals surface area contributed by atoms with Crippen LogP contribution < -0.4 is 4.74 Å². The number of aromatic nitrogens is 2. The molecular weight excluding hydrogens is 278 g/mol. The third kappa shape index (κ3) is 3.45. The maximum atomic E-state index is 11.9. The molecule has 104 valence electrons. The molecular formula is C14H14ClN3O2. The molecule has 1 aromatic carbocycles. The number of halogens is 1. The van der Waals surface area contributed by atoms with E-state index in [4.69, 9.17) is 16.3 Å². The number of carbonyl (C=O) groups excluding carboxylic acids is 1. The topological polar surface area (TPSA) is 55.3 Å². The van der Waals surface area contributed by atoms with Crippen molar-refractivity contribution in [3.8, 4) is 11.6 Å². The van der Waals surface area contributed by atoms with Gasteiger partial charge in [0.05, 0.1) is 0 Å². The van der Waals surface area contributed by atoms with E-state index in [0.29, 0.717) is 28.2 Å². The van der Waals surface area contributed by atoms with Crippen molar-refractivity contribution in [2.24, 2.45) is 0 Å². The van der Waals surface area contributed by atoms with Gasteiger partial charge >= 0.3 is 0 Å². The lowest BCUT2D eigenvalue weighted by Crippen LogP contribution is -2.21. The van der Waals surface area contributed by atoms with E-state index in [-0.39, 0.29) is 5.91 Å². The van der Waals surface area contributed by atoms with Crippen LogP contribution in [0.1, 0.15) is 16.2 Å². The van der Waals surface area contributed by atoms with Gasteiger partial charge in [0.15, 0.2) is 0 Å². The molecule has 0 aliphatic carbocycles. The summed E-state index contributed by atoms with van der Waals surface area (Å²) in [7, 11) is 3.40. The van der Waals surface area contributed by atoms with Crippen molar-refractivity contribution in [1.29, 1.82) is 0 Å². The second kappa shape index (κ2) is 5.88. The van der Waals surface area contributed by atoms with Gasteiger partial charge in [0.2, 0.25) is 5.88 Å². The van der Waals surface area contributed by atoms with E-state index >= 15 is 0 Å². The highest BCUT2D eigenvalue weighted by Crippen LogP contribution is 2.22. The fraction of sp³-hybridized carbons (Fsp3) is 0.214. The largest absolute Gasteiger partial charge is 0.439 e. The van der Waals surface area contributed by atoms with Crippen molar-refractivity contribution in [2.45, 2.75) is 6.92 Å². The van der Waals surface area contributed by atoms with Crippen LogP contribution in [-0.4, -0.2) is 34.9 Å². The molecule has 0 fully saturated rings. The van der Waals surface area contributed by atoms with E-state index < -0.39 is 0 Å². The second-order valence-electron chi connectivity index (χ2n) is 4.41. The quantitative estimate of drug-likeness (QED) is 0.816. The molecule has 1 heterocycles. The minimum Gasteiger partial charge on any atom is -0.439 e. The van der Waals surface area contributed by atoms with Gasteiger partial charge in [-0.05, 0) is 25.1 Å². The van der Waals surface area contributed by atoms with Crippen molar-refractivity contribution in [1.82, 2.24) is 14.9 Å². The lowest BCUT2D eigenvalue weighted by molar-refractivity contribution is 0.0827. The highest BCUT2D eigenvalue weighted by atomic mass is 35.5. The molecule has 5 nitrogen and oxygen atoms in total. The highest BCUT2D eigenvalue weighted by molar-refractivity contribution is 6.29. The molecule has 0 saturated heterocycles. The third-order valence-corrected chi connectivity index (χ3v) is 2.69. The molecule has 6 heteroatoms. The number of nitrogens with zero attached hydrogens (tertiary/aromatic N) is 3. The minimum absolute atomic E-state index is 0.0904. The maximum Gasteiger partial charge on any atom is 0.253 e. The molecule has 0 atom stereocenters. The van der Waals surface area contributed by atoms with Crippen LogP contribution in [0.3, 0.4) is 0 Å². The summed E-state index contributed by atoms with van der Waals surface area (Å²) in [6.07, 6.45) is 0. The van der Waals surface area contributed by atoms with Crippen LogP contribution >= 0.6 is 11.6 Å². The highest BCUT2D eigenvalue weighted by Gasteiger charge is 2.09. The zero-order valence-corrected chi connectivity index (χ0v) is 12.2. The summed E-state index contributed by atoms with van der Waals surface area (Å²) in [5, 5.41) is 0.313. The molecule has 2 rings (SSSR count). The molecule has 0 radical (unpaired) electrons.